The standard InChI is InChI=1S/C31H38FN7O5S/c1-18(2)36-28(41)31(7,8)38-25(40)24-19(3)26(39-34-12-13-35-39)45-27(24)37(29(38)42)16-23(44-17-30(4,5)6)21-15-20(32)9-10-22(21)43-14-11-33/h9-10,12-13,15,18,23H,14,16-17H2,1-8H3,(H,36,41)/t23-/m0/s1. The minimum atomic E-state index is -1.59. The number of nitrogens with zero attached hydrogens (tertiary/aromatic N) is 6. The summed E-state index contributed by atoms with van der Waals surface area (Å²) >= 11 is 1.14. The van der Waals surface area contributed by atoms with Gasteiger partial charge in [0.05, 0.1) is 30.9 Å². The number of amides is 1. The number of hydrogen-bond acceptors (Lipinski definition) is 9. The van der Waals surface area contributed by atoms with Crippen LogP contribution < -0.4 is 21.3 Å². The molecular weight excluding hydrogens is 601 g/mol. The molecule has 4 rings (SSSR count). The molecule has 0 radical (unpaired) electrons. The molecule has 12 nitrogen and oxygen atoms in total. The number of nitriles is 1. The molecule has 0 fully saturated rings. The van der Waals surface area contributed by atoms with E-state index < -0.39 is 34.6 Å². The molecule has 3 aromatic heterocycles. The SMILES string of the molecule is Cc1c(-n2nccn2)sc2c1c(=O)n(C(C)(C)C(=O)NC(C)C)c(=O)n2C[C@H](OCC(C)(C)C)c1cc(F)ccc1OCC#N. The Kier molecular flexibility index (Phi) is 9.65. The second-order valence-corrected chi connectivity index (χ2v) is 13.7. The zero-order chi connectivity index (χ0) is 33.3. The molecule has 14 heteroatoms. The Labute approximate surface area is 264 Å². The summed E-state index contributed by atoms with van der Waals surface area (Å²) in [4.78, 5) is 43.7. The van der Waals surface area contributed by atoms with Crippen molar-refractivity contribution in [3.63, 3.8) is 0 Å². The van der Waals surface area contributed by atoms with E-state index in [1.54, 1.807) is 20.8 Å². The molecule has 0 aliphatic carbocycles. The second kappa shape index (κ2) is 12.9. The molecular formula is C31H38FN7O5S. The van der Waals surface area contributed by atoms with E-state index in [0.29, 0.717) is 15.4 Å². The van der Waals surface area contributed by atoms with Crippen molar-refractivity contribution < 1.29 is 18.7 Å². The smallest absolute Gasteiger partial charge is 0.333 e. The number of hydrogen-bond donors (Lipinski definition) is 1. The zero-order valence-corrected chi connectivity index (χ0v) is 27.5. The van der Waals surface area contributed by atoms with Crippen LogP contribution in [0.1, 0.15) is 65.7 Å². The van der Waals surface area contributed by atoms with Crippen LogP contribution in [0.2, 0.25) is 0 Å². The van der Waals surface area contributed by atoms with E-state index in [4.69, 9.17) is 14.7 Å². The molecule has 1 amide bonds. The van der Waals surface area contributed by atoms with Crippen LogP contribution in [0.5, 0.6) is 5.75 Å². The largest absolute Gasteiger partial charge is 0.478 e. The first-order chi connectivity index (χ1) is 21.1. The first-order valence-electron chi connectivity index (χ1n) is 14.4. The zero-order valence-electron chi connectivity index (χ0n) is 26.7. The van der Waals surface area contributed by atoms with Gasteiger partial charge in [0.25, 0.3) is 5.56 Å². The predicted molar refractivity (Wildman–Crippen MR) is 168 cm³/mol. The van der Waals surface area contributed by atoms with Crippen LogP contribution in [-0.2, 0) is 21.6 Å². The van der Waals surface area contributed by atoms with Crippen molar-refractivity contribution in [3.8, 4) is 16.8 Å². The predicted octanol–water partition coefficient (Wildman–Crippen LogP) is 4.22. The molecule has 240 valence electrons. The lowest BCUT2D eigenvalue weighted by Crippen LogP contribution is -2.56. The average molecular weight is 640 g/mol. The van der Waals surface area contributed by atoms with Gasteiger partial charge in [-0.1, -0.05) is 32.1 Å². The van der Waals surface area contributed by atoms with Crippen LogP contribution in [0.25, 0.3) is 15.2 Å². The summed E-state index contributed by atoms with van der Waals surface area (Å²) in [6.07, 6.45) is 2.04. The van der Waals surface area contributed by atoms with Crippen LogP contribution >= 0.6 is 11.3 Å². The summed E-state index contributed by atoms with van der Waals surface area (Å²) in [6.45, 7) is 14.0. The number of benzene rings is 1. The maximum absolute atomic E-state index is 14.7. The highest BCUT2D eigenvalue weighted by Crippen LogP contribution is 2.35. The van der Waals surface area contributed by atoms with Crippen molar-refractivity contribution in [2.45, 2.75) is 79.6 Å². The van der Waals surface area contributed by atoms with Crippen LogP contribution in [0.3, 0.4) is 0 Å². The monoisotopic (exact) mass is 639 g/mol. The fourth-order valence-corrected chi connectivity index (χ4v) is 6.03. The molecule has 0 saturated heterocycles. The lowest BCUT2D eigenvalue weighted by molar-refractivity contribution is -0.129. The summed E-state index contributed by atoms with van der Waals surface area (Å²) in [5.41, 5.74) is -2.49. The Morgan fingerprint density at radius 3 is 2.42 bits per heavy atom. The van der Waals surface area contributed by atoms with Crippen molar-refractivity contribution in [2.24, 2.45) is 5.41 Å². The fraction of sp³-hybridized carbons (Fsp3) is 0.484. The molecule has 1 aromatic carbocycles. The number of aromatic nitrogens is 5. The maximum Gasteiger partial charge on any atom is 0.333 e. The van der Waals surface area contributed by atoms with Gasteiger partial charge in [-0.2, -0.15) is 15.5 Å². The van der Waals surface area contributed by atoms with E-state index in [-0.39, 0.29) is 47.9 Å². The molecule has 3 heterocycles. The van der Waals surface area contributed by atoms with Crippen LogP contribution in [-0.4, -0.2) is 49.3 Å². The number of carbonyl (C=O) groups is 1. The highest BCUT2D eigenvalue weighted by atomic mass is 32.1. The highest BCUT2D eigenvalue weighted by molar-refractivity contribution is 7.21. The van der Waals surface area contributed by atoms with E-state index in [1.807, 2.05) is 26.8 Å². The summed E-state index contributed by atoms with van der Waals surface area (Å²) in [7, 11) is 0. The summed E-state index contributed by atoms with van der Waals surface area (Å²) < 4.78 is 29.0. The minimum Gasteiger partial charge on any atom is -0.478 e. The summed E-state index contributed by atoms with van der Waals surface area (Å²) in [6, 6.07) is 5.54. The Hall–Kier alpha value is -4.35. The van der Waals surface area contributed by atoms with Gasteiger partial charge in [0.2, 0.25) is 5.91 Å². The normalized spacial score (nSPS) is 12.8. The van der Waals surface area contributed by atoms with Crippen LogP contribution in [0.4, 0.5) is 4.39 Å². The van der Waals surface area contributed by atoms with Gasteiger partial charge in [-0.05, 0) is 58.2 Å². The first-order valence-corrected chi connectivity index (χ1v) is 15.3. The van der Waals surface area contributed by atoms with E-state index in [9.17, 15) is 18.8 Å². The first kappa shape index (κ1) is 33.5. The van der Waals surface area contributed by atoms with E-state index >= 15 is 0 Å². The number of aryl methyl sites for hydroxylation is 1. The molecule has 0 unspecified atom stereocenters. The lowest BCUT2D eigenvalue weighted by Gasteiger charge is -2.29. The van der Waals surface area contributed by atoms with E-state index in [1.165, 1.54) is 53.8 Å². The third-order valence-corrected chi connectivity index (χ3v) is 8.28. The van der Waals surface area contributed by atoms with Crippen molar-refractivity contribution in [2.75, 3.05) is 13.2 Å². The fourth-order valence-electron chi connectivity index (χ4n) is 4.81. The quantitative estimate of drug-likeness (QED) is 0.257. The van der Waals surface area contributed by atoms with Crippen molar-refractivity contribution in [1.82, 2.24) is 29.4 Å². The molecule has 4 aromatic rings. The molecule has 1 atom stereocenters. The Balaban J connectivity index is 2.03. The third kappa shape index (κ3) is 6.99. The molecule has 1 N–H and O–H groups in total. The van der Waals surface area contributed by atoms with Crippen LogP contribution in [0, 0.1) is 29.5 Å². The molecule has 0 aliphatic rings. The van der Waals surface area contributed by atoms with Crippen molar-refractivity contribution >= 4 is 27.5 Å². The van der Waals surface area contributed by atoms with Gasteiger partial charge >= 0.3 is 5.69 Å². The summed E-state index contributed by atoms with van der Waals surface area (Å²) in [5.74, 6) is -0.858. The Bertz CT molecular complexity index is 1860. The van der Waals surface area contributed by atoms with Crippen molar-refractivity contribution in [3.05, 3.63) is 68.4 Å². The van der Waals surface area contributed by atoms with Gasteiger partial charge in [-0.3, -0.25) is 14.2 Å². The molecule has 0 spiro atoms. The van der Waals surface area contributed by atoms with Gasteiger partial charge in [0.15, 0.2) is 6.61 Å². The van der Waals surface area contributed by atoms with Gasteiger partial charge in [0, 0.05) is 17.2 Å². The summed E-state index contributed by atoms with van der Waals surface area (Å²) in [5, 5.41) is 21.1. The number of carbonyl (C=O) groups excluding carboxylic acids is 1. The Morgan fingerprint density at radius 1 is 1.16 bits per heavy atom. The number of ether oxygens (including phenoxy) is 2. The van der Waals surface area contributed by atoms with Crippen LogP contribution in [0.15, 0.2) is 40.2 Å². The van der Waals surface area contributed by atoms with Gasteiger partial charge in [-0.15, -0.1) is 4.80 Å². The number of fused-ring (bicyclic) bond motifs is 1. The number of halogens is 1. The van der Waals surface area contributed by atoms with Gasteiger partial charge in [0.1, 0.15) is 39.1 Å². The van der Waals surface area contributed by atoms with Gasteiger partial charge in [-0.25, -0.2) is 13.8 Å². The van der Waals surface area contributed by atoms with E-state index in [0.717, 1.165) is 15.9 Å². The number of rotatable bonds is 11. The number of nitrogens with one attached hydrogen (secondary N) is 1. The molecule has 0 bridgehead atoms. The minimum absolute atomic E-state index is 0.175. The molecule has 0 aliphatic heterocycles. The second-order valence-electron chi connectivity index (χ2n) is 12.7. The maximum atomic E-state index is 14.7. The van der Waals surface area contributed by atoms with E-state index in [2.05, 4.69) is 15.5 Å². The van der Waals surface area contributed by atoms with Gasteiger partial charge < -0.3 is 14.8 Å². The molecule has 0 saturated carbocycles. The highest BCUT2D eigenvalue weighted by Gasteiger charge is 2.36. The topological polar surface area (TPSA) is 146 Å². The number of thiophene rings is 1. The third-order valence-electron chi connectivity index (χ3n) is 7.00. The lowest BCUT2D eigenvalue weighted by atomic mass is 9.98. The Morgan fingerprint density at radius 2 is 1.82 bits per heavy atom. The van der Waals surface area contributed by atoms with Crippen molar-refractivity contribution in [1.29, 1.82) is 5.26 Å². The average Bonchev–Trinajstić information content (AvgIpc) is 3.59. The molecule has 45 heavy (non-hydrogen) atoms.